The first-order valence-corrected chi connectivity index (χ1v) is 10.6. The van der Waals surface area contributed by atoms with E-state index in [0.29, 0.717) is 17.0 Å². The maximum absolute atomic E-state index is 13.3. The van der Waals surface area contributed by atoms with Crippen LogP contribution in [0.4, 0.5) is 30.2 Å². The molecule has 1 unspecified atom stereocenters. The Morgan fingerprint density at radius 2 is 1.69 bits per heavy atom. The highest BCUT2D eigenvalue weighted by Gasteiger charge is 2.39. The second kappa shape index (κ2) is 10.3. The highest BCUT2D eigenvalue weighted by atomic mass is 32.1. The molecule has 0 radical (unpaired) electrons. The van der Waals surface area contributed by atoms with Crippen molar-refractivity contribution in [3.63, 3.8) is 0 Å². The first kappa shape index (κ1) is 25.3. The van der Waals surface area contributed by atoms with Gasteiger partial charge in [0.15, 0.2) is 0 Å². The molecule has 0 aliphatic heterocycles. The normalized spacial score (nSPS) is 12.0. The number of amides is 2. The van der Waals surface area contributed by atoms with Crippen molar-refractivity contribution in [2.45, 2.75) is 18.6 Å². The number of anilines is 1. The Morgan fingerprint density at radius 1 is 1.00 bits per heavy atom. The van der Waals surface area contributed by atoms with Gasteiger partial charge in [-0.05, 0) is 35.7 Å². The highest BCUT2D eigenvalue weighted by molar-refractivity contribution is 7.10. The van der Waals surface area contributed by atoms with E-state index in [0.717, 1.165) is 6.07 Å². The first-order valence-electron chi connectivity index (χ1n) is 9.70. The lowest BCUT2D eigenvalue weighted by Crippen LogP contribution is -2.31. The topological polar surface area (TPSA) is 144 Å². The van der Waals surface area contributed by atoms with E-state index in [1.165, 1.54) is 35.6 Å². The lowest BCUT2D eigenvalue weighted by molar-refractivity contribution is -0.388. The summed E-state index contributed by atoms with van der Waals surface area (Å²) in [5, 5.41) is 28.4. The van der Waals surface area contributed by atoms with Crippen LogP contribution in [-0.2, 0) is 11.0 Å². The molecule has 2 amide bonds. The van der Waals surface area contributed by atoms with Gasteiger partial charge in [0.2, 0.25) is 5.91 Å². The van der Waals surface area contributed by atoms with Crippen LogP contribution in [-0.4, -0.2) is 21.7 Å². The minimum absolute atomic E-state index is 0.173. The van der Waals surface area contributed by atoms with Crippen LogP contribution in [0.1, 0.15) is 33.3 Å². The molecule has 3 aromatic rings. The number of nitro groups is 2. The van der Waals surface area contributed by atoms with Gasteiger partial charge in [0.25, 0.3) is 17.3 Å². The molecule has 1 atom stereocenters. The highest BCUT2D eigenvalue weighted by Crippen LogP contribution is 2.36. The van der Waals surface area contributed by atoms with E-state index >= 15 is 0 Å². The summed E-state index contributed by atoms with van der Waals surface area (Å²) in [6.45, 7) is 0. The summed E-state index contributed by atoms with van der Waals surface area (Å²) < 4.78 is 39.8. The van der Waals surface area contributed by atoms with E-state index < -0.39 is 50.7 Å². The van der Waals surface area contributed by atoms with Crippen LogP contribution in [0.3, 0.4) is 0 Å². The van der Waals surface area contributed by atoms with Crippen molar-refractivity contribution in [3.05, 3.63) is 96.2 Å². The molecule has 1 heterocycles. The van der Waals surface area contributed by atoms with E-state index in [1.54, 1.807) is 17.5 Å². The van der Waals surface area contributed by atoms with Gasteiger partial charge in [0.1, 0.15) is 5.56 Å². The minimum atomic E-state index is -5.06. The summed E-state index contributed by atoms with van der Waals surface area (Å²) in [6.07, 6.45) is -5.36. The zero-order valence-corrected chi connectivity index (χ0v) is 18.3. The summed E-state index contributed by atoms with van der Waals surface area (Å²) >= 11 is 1.20. The lowest BCUT2D eigenvalue weighted by Gasteiger charge is -2.18. The predicted octanol–water partition coefficient (Wildman–Crippen LogP) is 5.08. The Morgan fingerprint density at radius 3 is 2.23 bits per heavy atom. The van der Waals surface area contributed by atoms with Crippen molar-refractivity contribution in [2.75, 3.05) is 5.32 Å². The van der Waals surface area contributed by atoms with Crippen LogP contribution in [0.25, 0.3) is 0 Å². The molecule has 0 fully saturated rings. The van der Waals surface area contributed by atoms with Crippen molar-refractivity contribution in [2.24, 2.45) is 0 Å². The van der Waals surface area contributed by atoms with Crippen LogP contribution < -0.4 is 10.6 Å². The monoisotopic (exact) mass is 508 g/mol. The molecule has 0 saturated carbocycles. The van der Waals surface area contributed by atoms with Crippen molar-refractivity contribution >= 4 is 40.2 Å². The van der Waals surface area contributed by atoms with E-state index in [4.69, 9.17) is 0 Å². The Balaban J connectivity index is 1.79. The number of nitrogens with zero attached hydrogens (tertiary/aromatic N) is 2. The van der Waals surface area contributed by atoms with Crippen molar-refractivity contribution < 1.29 is 32.6 Å². The first-order chi connectivity index (χ1) is 16.5. The number of nitro benzene ring substituents is 2. The third kappa shape index (κ3) is 6.38. The van der Waals surface area contributed by atoms with Gasteiger partial charge in [0, 0.05) is 34.3 Å². The lowest BCUT2D eigenvalue weighted by atomic mass is 10.1. The predicted molar refractivity (Wildman–Crippen MR) is 119 cm³/mol. The largest absolute Gasteiger partial charge is 0.423 e. The number of halogens is 3. The zero-order chi connectivity index (χ0) is 25.8. The van der Waals surface area contributed by atoms with E-state index in [2.05, 4.69) is 10.6 Å². The summed E-state index contributed by atoms with van der Waals surface area (Å²) in [7, 11) is 0. The molecule has 10 nitrogen and oxygen atoms in total. The molecular formula is C21H15F3N4O6S. The molecular weight excluding hydrogens is 493 g/mol. The SMILES string of the molecule is O=C(CC(NC(=O)c1ccc([N+](=O)[O-])c(C(F)(F)F)c1)c1cccs1)Nc1ccc([N+](=O)[O-])cc1. The molecule has 0 aliphatic rings. The van der Waals surface area contributed by atoms with Gasteiger partial charge in [-0.15, -0.1) is 11.3 Å². The molecule has 0 spiro atoms. The van der Waals surface area contributed by atoms with Gasteiger partial charge in [-0.1, -0.05) is 6.07 Å². The number of hydrogen-bond acceptors (Lipinski definition) is 7. The molecule has 182 valence electrons. The fourth-order valence-electron chi connectivity index (χ4n) is 3.08. The third-order valence-corrected chi connectivity index (χ3v) is 5.69. The maximum atomic E-state index is 13.3. The Labute approximate surface area is 198 Å². The second-order valence-corrected chi connectivity index (χ2v) is 8.06. The number of alkyl halides is 3. The summed E-state index contributed by atoms with van der Waals surface area (Å²) in [6, 6.07) is 9.26. The molecule has 0 aliphatic carbocycles. The van der Waals surface area contributed by atoms with Crippen LogP contribution in [0.2, 0.25) is 0 Å². The second-order valence-electron chi connectivity index (χ2n) is 7.08. The van der Waals surface area contributed by atoms with Crippen molar-refractivity contribution in [1.29, 1.82) is 0 Å². The molecule has 3 rings (SSSR count). The molecule has 35 heavy (non-hydrogen) atoms. The standard InChI is InChI=1S/C21H15F3N4O6S/c22-21(23,24)15-10-12(3-8-17(15)28(33)34)20(30)26-16(18-2-1-9-35-18)11-19(29)25-13-4-6-14(7-5-13)27(31)32/h1-10,16H,11H2,(H,25,29)(H,26,30). The Kier molecular flexibility index (Phi) is 7.44. The molecule has 1 aromatic heterocycles. The molecule has 0 bridgehead atoms. The average Bonchev–Trinajstić information content (AvgIpc) is 3.33. The fraction of sp³-hybridized carbons (Fsp3) is 0.143. The van der Waals surface area contributed by atoms with Gasteiger partial charge in [-0.3, -0.25) is 29.8 Å². The van der Waals surface area contributed by atoms with Crippen LogP contribution in [0.15, 0.2) is 60.0 Å². The summed E-state index contributed by atoms with van der Waals surface area (Å²) in [5.74, 6) is -1.54. The summed E-state index contributed by atoms with van der Waals surface area (Å²) in [5.41, 5.74) is -3.14. The van der Waals surface area contributed by atoms with Gasteiger partial charge >= 0.3 is 6.18 Å². The van der Waals surface area contributed by atoms with Gasteiger partial charge < -0.3 is 10.6 Å². The maximum Gasteiger partial charge on any atom is 0.423 e. The average molecular weight is 508 g/mol. The number of hydrogen-bond donors (Lipinski definition) is 2. The molecule has 14 heteroatoms. The molecule has 2 N–H and O–H groups in total. The van der Waals surface area contributed by atoms with Gasteiger partial charge in [0.05, 0.1) is 22.3 Å². The smallest absolute Gasteiger partial charge is 0.344 e. The number of thiophene rings is 1. The zero-order valence-electron chi connectivity index (χ0n) is 17.4. The number of carbonyl (C=O) groups is 2. The van der Waals surface area contributed by atoms with Crippen LogP contribution in [0.5, 0.6) is 0 Å². The van der Waals surface area contributed by atoms with Crippen LogP contribution in [0, 0.1) is 20.2 Å². The van der Waals surface area contributed by atoms with E-state index in [1.807, 2.05) is 0 Å². The molecule has 2 aromatic carbocycles. The van der Waals surface area contributed by atoms with E-state index in [-0.39, 0.29) is 17.8 Å². The van der Waals surface area contributed by atoms with E-state index in [9.17, 15) is 43.0 Å². The fourth-order valence-corrected chi connectivity index (χ4v) is 3.86. The quantitative estimate of drug-likeness (QED) is 0.321. The third-order valence-electron chi connectivity index (χ3n) is 4.70. The minimum Gasteiger partial charge on any atom is -0.344 e. The molecule has 0 saturated heterocycles. The number of benzene rings is 2. The van der Waals surface area contributed by atoms with Crippen molar-refractivity contribution in [1.82, 2.24) is 5.32 Å². The number of non-ortho nitro benzene ring substituents is 1. The Hall–Kier alpha value is -4.33. The van der Waals surface area contributed by atoms with Gasteiger partial charge in [-0.25, -0.2) is 0 Å². The number of carbonyl (C=O) groups excluding carboxylic acids is 2. The van der Waals surface area contributed by atoms with Crippen LogP contribution >= 0.6 is 11.3 Å². The number of nitrogens with one attached hydrogen (secondary N) is 2. The number of rotatable bonds is 8. The van der Waals surface area contributed by atoms with Crippen molar-refractivity contribution in [3.8, 4) is 0 Å². The van der Waals surface area contributed by atoms with Gasteiger partial charge in [-0.2, -0.15) is 13.2 Å². The Bertz CT molecular complexity index is 1260. The summed E-state index contributed by atoms with van der Waals surface area (Å²) in [4.78, 5) is 45.7.